The molecule has 170 valence electrons. The lowest BCUT2D eigenvalue weighted by Gasteiger charge is -2.13. The van der Waals surface area contributed by atoms with Gasteiger partial charge in [-0.1, -0.05) is 0 Å². The molecule has 0 unspecified atom stereocenters. The molecular weight excluding hydrogens is 426 g/mol. The van der Waals surface area contributed by atoms with Crippen molar-refractivity contribution in [1.82, 2.24) is 10.3 Å². The SMILES string of the molecule is COc1ccc2nc(OC)c(/C=C3\N=C(c4cc(OC)c(OC)c(OC)c4)NC3=O)cc2c1. The highest BCUT2D eigenvalue weighted by molar-refractivity contribution is 6.20. The number of aromatic nitrogens is 1. The molecule has 1 amide bonds. The van der Waals surface area contributed by atoms with Crippen LogP contribution < -0.4 is 29.0 Å². The Balaban J connectivity index is 1.78. The summed E-state index contributed by atoms with van der Waals surface area (Å²) in [5.41, 5.74) is 2.17. The number of ether oxygens (including phenoxy) is 5. The molecule has 9 heteroatoms. The maximum atomic E-state index is 12.7. The van der Waals surface area contributed by atoms with E-state index in [4.69, 9.17) is 23.7 Å². The lowest BCUT2D eigenvalue weighted by Crippen LogP contribution is -2.24. The molecular formula is C24H23N3O6. The molecule has 1 aliphatic heterocycles. The van der Waals surface area contributed by atoms with E-state index in [-0.39, 0.29) is 11.6 Å². The van der Waals surface area contributed by atoms with Gasteiger partial charge in [-0.3, -0.25) is 4.79 Å². The second-order valence-electron chi connectivity index (χ2n) is 7.00. The van der Waals surface area contributed by atoms with Crippen molar-refractivity contribution in [2.24, 2.45) is 4.99 Å². The molecule has 1 aliphatic rings. The van der Waals surface area contributed by atoms with Gasteiger partial charge in [0.25, 0.3) is 5.91 Å². The topological polar surface area (TPSA) is 100 Å². The number of amidine groups is 1. The number of hydrogen-bond donors (Lipinski definition) is 1. The van der Waals surface area contributed by atoms with Crippen LogP contribution in [0.1, 0.15) is 11.1 Å². The average Bonchev–Trinajstić information content (AvgIpc) is 3.22. The first-order valence-corrected chi connectivity index (χ1v) is 9.96. The van der Waals surface area contributed by atoms with E-state index in [1.165, 1.54) is 28.4 Å². The number of aliphatic imine (C=N–C) groups is 1. The number of benzene rings is 2. The first kappa shape index (κ1) is 21.9. The number of carbonyl (C=O) groups is 1. The second kappa shape index (κ2) is 9.07. The molecule has 0 aliphatic carbocycles. The summed E-state index contributed by atoms with van der Waals surface area (Å²) in [7, 11) is 7.70. The zero-order valence-electron chi connectivity index (χ0n) is 18.9. The molecule has 33 heavy (non-hydrogen) atoms. The van der Waals surface area contributed by atoms with E-state index in [9.17, 15) is 4.79 Å². The summed E-state index contributed by atoms with van der Waals surface area (Å²) in [5.74, 6) is 2.45. The summed E-state index contributed by atoms with van der Waals surface area (Å²) in [4.78, 5) is 21.7. The third-order valence-corrected chi connectivity index (χ3v) is 5.14. The highest BCUT2D eigenvalue weighted by atomic mass is 16.5. The monoisotopic (exact) mass is 449 g/mol. The van der Waals surface area contributed by atoms with Gasteiger partial charge in [0, 0.05) is 16.5 Å². The van der Waals surface area contributed by atoms with Crippen LogP contribution in [0.3, 0.4) is 0 Å². The van der Waals surface area contributed by atoms with Crippen molar-refractivity contribution in [1.29, 1.82) is 0 Å². The predicted molar refractivity (Wildman–Crippen MR) is 124 cm³/mol. The Hall–Kier alpha value is -4.27. The number of fused-ring (bicyclic) bond motifs is 1. The van der Waals surface area contributed by atoms with Crippen LogP contribution in [0.2, 0.25) is 0 Å². The first-order chi connectivity index (χ1) is 16.0. The number of hydrogen-bond acceptors (Lipinski definition) is 8. The number of amides is 1. The minimum Gasteiger partial charge on any atom is -0.497 e. The smallest absolute Gasteiger partial charge is 0.275 e. The number of pyridine rings is 1. The molecule has 0 spiro atoms. The highest BCUT2D eigenvalue weighted by Gasteiger charge is 2.24. The summed E-state index contributed by atoms with van der Waals surface area (Å²) in [5, 5.41) is 3.63. The van der Waals surface area contributed by atoms with Gasteiger partial charge in [0.05, 0.1) is 41.1 Å². The number of rotatable bonds is 7. The van der Waals surface area contributed by atoms with Crippen molar-refractivity contribution in [3.8, 4) is 28.9 Å². The Bertz CT molecular complexity index is 1270. The van der Waals surface area contributed by atoms with E-state index < -0.39 is 0 Å². The van der Waals surface area contributed by atoms with Crippen LogP contribution in [0.25, 0.3) is 17.0 Å². The van der Waals surface area contributed by atoms with Gasteiger partial charge in [0.1, 0.15) is 17.3 Å². The quantitative estimate of drug-likeness (QED) is 0.553. The van der Waals surface area contributed by atoms with E-state index in [1.807, 2.05) is 24.3 Å². The third-order valence-electron chi connectivity index (χ3n) is 5.14. The maximum absolute atomic E-state index is 12.7. The van der Waals surface area contributed by atoms with Gasteiger partial charge in [-0.05, 0) is 42.5 Å². The van der Waals surface area contributed by atoms with Crippen LogP contribution in [0.15, 0.2) is 47.1 Å². The van der Waals surface area contributed by atoms with E-state index in [0.717, 1.165) is 10.9 Å². The minimum atomic E-state index is -0.355. The lowest BCUT2D eigenvalue weighted by molar-refractivity contribution is -0.115. The van der Waals surface area contributed by atoms with Gasteiger partial charge in [0.2, 0.25) is 11.6 Å². The van der Waals surface area contributed by atoms with Crippen LogP contribution in [-0.4, -0.2) is 52.3 Å². The van der Waals surface area contributed by atoms with E-state index in [2.05, 4.69) is 15.3 Å². The summed E-state index contributed by atoms with van der Waals surface area (Å²) < 4.78 is 26.9. The molecule has 0 fully saturated rings. The van der Waals surface area contributed by atoms with Gasteiger partial charge < -0.3 is 29.0 Å². The summed E-state index contributed by atoms with van der Waals surface area (Å²) in [6.45, 7) is 0. The Morgan fingerprint density at radius 3 is 2.18 bits per heavy atom. The van der Waals surface area contributed by atoms with Crippen molar-refractivity contribution in [3.63, 3.8) is 0 Å². The fraction of sp³-hybridized carbons (Fsp3) is 0.208. The molecule has 0 saturated carbocycles. The largest absolute Gasteiger partial charge is 0.497 e. The second-order valence-corrected chi connectivity index (χ2v) is 7.00. The molecule has 1 aromatic heterocycles. The Morgan fingerprint density at radius 2 is 1.58 bits per heavy atom. The fourth-order valence-electron chi connectivity index (χ4n) is 3.52. The Morgan fingerprint density at radius 1 is 0.848 bits per heavy atom. The number of carbonyl (C=O) groups excluding carboxylic acids is 1. The van der Waals surface area contributed by atoms with Crippen LogP contribution >= 0.6 is 0 Å². The van der Waals surface area contributed by atoms with Crippen molar-refractivity contribution >= 4 is 28.7 Å². The Kier molecular flexibility index (Phi) is 6.03. The highest BCUT2D eigenvalue weighted by Crippen LogP contribution is 2.38. The van der Waals surface area contributed by atoms with Crippen molar-refractivity contribution in [2.45, 2.75) is 0 Å². The fourth-order valence-corrected chi connectivity index (χ4v) is 3.52. The van der Waals surface area contributed by atoms with Gasteiger partial charge in [-0.15, -0.1) is 0 Å². The molecule has 2 aromatic carbocycles. The molecule has 9 nitrogen and oxygen atoms in total. The summed E-state index contributed by atoms with van der Waals surface area (Å²) in [6, 6.07) is 10.8. The van der Waals surface area contributed by atoms with E-state index >= 15 is 0 Å². The molecule has 0 saturated heterocycles. The maximum Gasteiger partial charge on any atom is 0.275 e. The van der Waals surface area contributed by atoms with Crippen LogP contribution in [-0.2, 0) is 4.79 Å². The van der Waals surface area contributed by atoms with Crippen LogP contribution in [0, 0.1) is 0 Å². The van der Waals surface area contributed by atoms with E-state index in [0.29, 0.717) is 45.8 Å². The van der Waals surface area contributed by atoms with Gasteiger partial charge >= 0.3 is 0 Å². The average molecular weight is 449 g/mol. The molecule has 2 heterocycles. The zero-order valence-corrected chi connectivity index (χ0v) is 18.9. The Labute approximate surface area is 190 Å². The normalized spacial score (nSPS) is 14.2. The minimum absolute atomic E-state index is 0.209. The van der Waals surface area contributed by atoms with Crippen molar-refractivity contribution in [2.75, 3.05) is 35.5 Å². The predicted octanol–water partition coefficient (Wildman–Crippen LogP) is 3.20. The van der Waals surface area contributed by atoms with Gasteiger partial charge in [0.15, 0.2) is 11.5 Å². The molecule has 1 N–H and O–H groups in total. The molecule has 0 atom stereocenters. The van der Waals surface area contributed by atoms with Crippen molar-refractivity contribution < 1.29 is 28.5 Å². The van der Waals surface area contributed by atoms with Crippen LogP contribution in [0.5, 0.6) is 28.9 Å². The number of methoxy groups -OCH3 is 5. The lowest BCUT2D eigenvalue weighted by atomic mass is 10.1. The first-order valence-electron chi connectivity index (χ1n) is 9.96. The summed E-state index contributed by atoms with van der Waals surface area (Å²) in [6.07, 6.45) is 1.63. The number of nitrogens with zero attached hydrogens (tertiary/aromatic N) is 2. The van der Waals surface area contributed by atoms with Gasteiger partial charge in [-0.2, -0.15) is 0 Å². The van der Waals surface area contributed by atoms with E-state index in [1.54, 1.807) is 25.3 Å². The molecule has 4 rings (SSSR count). The van der Waals surface area contributed by atoms with Crippen molar-refractivity contribution in [3.05, 3.63) is 53.2 Å². The standard InChI is InChI=1S/C24H23N3O6/c1-29-16-6-7-17-13(9-16)8-15(24(26-17)33-5)10-18-23(28)27-22(25-18)14-11-19(30-2)21(32-4)20(12-14)31-3/h6-12H,1-5H3,(H,25,27,28)/b18-10-. The molecule has 0 bridgehead atoms. The third kappa shape index (κ3) is 4.12. The summed E-state index contributed by atoms with van der Waals surface area (Å²) >= 11 is 0. The van der Waals surface area contributed by atoms with Gasteiger partial charge in [-0.25, -0.2) is 9.98 Å². The number of nitrogens with one attached hydrogen (secondary N) is 1. The molecule has 0 radical (unpaired) electrons. The molecule has 3 aromatic rings. The zero-order chi connectivity index (χ0) is 23.5. The van der Waals surface area contributed by atoms with Crippen LogP contribution in [0.4, 0.5) is 0 Å².